The van der Waals surface area contributed by atoms with Crippen molar-refractivity contribution in [2.75, 3.05) is 0 Å². The highest BCUT2D eigenvalue weighted by Gasteiger charge is 2.31. The first kappa shape index (κ1) is 12.3. The van der Waals surface area contributed by atoms with Crippen LogP contribution < -0.4 is 0 Å². The maximum Gasteiger partial charge on any atom is 0.417 e. The Bertz CT molecular complexity index is 652. The lowest BCUT2D eigenvalue weighted by Crippen LogP contribution is -2.06. The molecule has 0 spiro atoms. The number of aromatic nitrogens is 4. The van der Waals surface area contributed by atoms with Gasteiger partial charge >= 0.3 is 6.18 Å². The van der Waals surface area contributed by atoms with Crippen molar-refractivity contribution >= 4 is 12.2 Å². The van der Waals surface area contributed by atoms with Crippen LogP contribution in [-0.4, -0.2) is 19.7 Å². The van der Waals surface area contributed by atoms with Gasteiger partial charge in [-0.15, -0.1) is 0 Å². The fraction of sp³-hybridized carbons (Fsp3) is 0.364. The molecular weight excluding hydrogens is 277 g/mol. The third-order valence-electron chi connectivity index (χ3n) is 2.94. The molecule has 1 fully saturated rings. The zero-order valence-corrected chi connectivity index (χ0v) is 10.4. The zero-order chi connectivity index (χ0) is 13.6. The highest BCUT2D eigenvalue weighted by Crippen LogP contribution is 2.38. The van der Waals surface area contributed by atoms with Gasteiger partial charge in [-0.1, -0.05) is 0 Å². The number of hydrogen-bond acceptors (Lipinski definition) is 3. The van der Waals surface area contributed by atoms with E-state index in [-0.39, 0.29) is 6.04 Å². The van der Waals surface area contributed by atoms with Crippen LogP contribution in [0.25, 0.3) is 11.5 Å². The van der Waals surface area contributed by atoms with Crippen LogP contribution in [0.1, 0.15) is 24.4 Å². The number of aromatic amines is 1. The molecule has 0 amide bonds. The molecule has 2 aromatic rings. The summed E-state index contributed by atoms with van der Waals surface area (Å²) < 4.78 is 39.7. The maximum atomic E-state index is 12.5. The van der Waals surface area contributed by atoms with Crippen LogP contribution in [0, 0.1) is 4.77 Å². The van der Waals surface area contributed by atoms with Crippen molar-refractivity contribution in [3.05, 3.63) is 28.7 Å². The molecule has 2 heterocycles. The SMILES string of the molecule is FC(F)(F)c1ccc(-c2n[nH]c(=S)n2C2CC2)nc1. The highest BCUT2D eigenvalue weighted by molar-refractivity contribution is 7.71. The standard InChI is InChI=1S/C11H9F3N4S/c12-11(13,14)6-1-4-8(15-5-6)9-16-17-10(19)18(9)7-2-3-7/h1,4-5,7H,2-3H2,(H,17,19). The average Bonchev–Trinajstić information content (AvgIpc) is 3.12. The number of alkyl halides is 3. The minimum Gasteiger partial charge on any atom is -0.296 e. The van der Waals surface area contributed by atoms with Gasteiger partial charge in [0.05, 0.1) is 5.56 Å². The number of H-pyrrole nitrogens is 1. The van der Waals surface area contributed by atoms with Crippen LogP contribution >= 0.6 is 12.2 Å². The van der Waals surface area contributed by atoms with Gasteiger partial charge in [-0.3, -0.25) is 14.6 Å². The van der Waals surface area contributed by atoms with Crippen molar-refractivity contribution in [1.82, 2.24) is 19.7 Å². The van der Waals surface area contributed by atoms with Crippen LogP contribution in [0.5, 0.6) is 0 Å². The normalized spacial score (nSPS) is 15.7. The first-order chi connectivity index (χ1) is 8.97. The van der Waals surface area contributed by atoms with Crippen molar-refractivity contribution < 1.29 is 13.2 Å². The van der Waals surface area contributed by atoms with Gasteiger partial charge in [0, 0.05) is 12.2 Å². The number of nitrogens with one attached hydrogen (secondary N) is 1. The molecule has 4 nitrogen and oxygen atoms in total. The van der Waals surface area contributed by atoms with Gasteiger partial charge in [0.1, 0.15) is 5.69 Å². The molecule has 8 heteroatoms. The minimum absolute atomic E-state index is 0.283. The number of nitrogens with zero attached hydrogens (tertiary/aromatic N) is 3. The van der Waals surface area contributed by atoms with Crippen molar-refractivity contribution in [2.45, 2.75) is 25.1 Å². The summed E-state index contributed by atoms with van der Waals surface area (Å²) in [6, 6.07) is 2.59. The molecule has 0 radical (unpaired) electrons. The predicted octanol–water partition coefficient (Wildman–Crippen LogP) is 3.36. The van der Waals surface area contributed by atoms with Crippen LogP contribution in [-0.2, 0) is 6.18 Å². The van der Waals surface area contributed by atoms with E-state index in [0.29, 0.717) is 16.3 Å². The first-order valence-corrected chi connectivity index (χ1v) is 6.08. The average molecular weight is 286 g/mol. The molecule has 19 heavy (non-hydrogen) atoms. The topological polar surface area (TPSA) is 46.5 Å². The summed E-state index contributed by atoms with van der Waals surface area (Å²) in [6.45, 7) is 0. The second-order valence-corrected chi connectivity index (χ2v) is 4.77. The predicted molar refractivity (Wildman–Crippen MR) is 63.9 cm³/mol. The largest absolute Gasteiger partial charge is 0.417 e. The summed E-state index contributed by atoms with van der Waals surface area (Å²) in [5, 5.41) is 6.70. The van der Waals surface area contributed by atoms with Crippen molar-refractivity contribution in [3.63, 3.8) is 0 Å². The second-order valence-electron chi connectivity index (χ2n) is 4.38. The molecule has 0 unspecified atom stereocenters. The van der Waals surface area contributed by atoms with E-state index >= 15 is 0 Å². The lowest BCUT2D eigenvalue weighted by molar-refractivity contribution is -0.137. The first-order valence-electron chi connectivity index (χ1n) is 5.67. The molecule has 1 N–H and O–H groups in total. The molecular formula is C11H9F3N4S. The summed E-state index contributed by atoms with van der Waals surface area (Å²) in [7, 11) is 0. The van der Waals surface area contributed by atoms with Crippen LogP contribution in [0.3, 0.4) is 0 Å². The van der Waals surface area contributed by atoms with E-state index in [1.807, 2.05) is 4.57 Å². The molecule has 1 aliphatic rings. The van der Waals surface area contributed by atoms with E-state index in [0.717, 1.165) is 25.1 Å². The van der Waals surface area contributed by atoms with Gasteiger partial charge in [0.2, 0.25) is 0 Å². The van der Waals surface area contributed by atoms with Gasteiger partial charge in [0.15, 0.2) is 10.6 Å². The lowest BCUT2D eigenvalue weighted by atomic mass is 10.2. The number of halogens is 3. The fourth-order valence-corrected chi connectivity index (χ4v) is 2.13. The summed E-state index contributed by atoms with van der Waals surface area (Å²) in [4.78, 5) is 3.83. The highest BCUT2D eigenvalue weighted by atomic mass is 32.1. The van der Waals surface area contributed by atoms with Crippen LogP contribution in [0.2, 0.25) is 0 Å². The molecule has 0 aliphatic heterocycles. The van der Waals surface area contributed by atoms with Crippen LogP contribution in [0.15, 0.2) is 18.3 Å². The third kappa shape index (κ3) is 2.27. The second kappa shape index (κ2) is 4.16. The van der Waals surface area contributed by atoms with Crippen molar-refractivity contribution in [1.29, 1.82) is 0 Å². The van der Waals surface area contributed by atoms with E-state index in [1.165, 1.54) is 6.07 Å². The number of rotatable bonds is 2. The number of pyridine rings is 1. The van der Waals surface area contributed by atoms with E-state index in [4.69, 9.17) is 12.2 Å². The van der Waals surface area contributed by atoms with E-state index in [2.05, 4.69) is 15.2 Å². The van der Waals surface area contributed by atoms with Gasteiger partial charge in [-0.05, 0) is 37.2 Å². The molecule has 1 saturated carbocycles. The molecule has 100 valence electrons. The minimum atomic E-state index is -4.38. The summed E-state index contributed by atoms with van der Waals surface area (Å²) in [6.07, 6.45) is -1.57. The Morgan fingerprint density at radius 3 is 2.58 bits per heavy atom. The van der Waals surface area contributed by atoms with Crippen molar-refractivity contribution in [2.24, 2.45) is 0 Å². The van der Waals surface area contributed by atoms with E-state index in [1.54, 1.807) is 0 Å². The quantitative estimate of drug-likeness (QED) is 0.861. The molecule has 3 rings (SSSR count). The van der Waals surface area contributed by atoms with Gasteiger partial charge in [0.25, 0.3) is 0 Å². The van der Waals surface area contributed by atoms with Crippen molar-refractivity contribution in [3.8, 4) is 11.5 Å². The van der Waals surface area contributed by atoms with Gasteiger partial charge < -0.3 is 0 Å². The zero-order valence-electron chi connectivity index (χ0n) is 9.61. The van der Waals surface area contributed by atoms with Crippen LogP contribution in [0.4, 0.5) is 13.2 Å². The summed E-state index contributed by atoms with van der Waals surface area (Å²) in [5.74, 6) is 0.487. The Morgan fingerprint density at radius 1 is 1.32 bits per heavy atom. The summed E-state index contributed by atoms with van der Waals surface area (Å²) in [5.41, 5.74) is -0.393. The molecule has 2 aromatic heterocycles. The number of hydrogen-bond donors (Lipinski definition) is 1. The third-order valence-corrected chi connectivity index (χ3v) is 3.22. The van der Waals surface area contributed by atoms with E-state index < -0.39 is 11.7 Å². The Kier molecular flexibility index (Phi) is 2.70. The van der Waals surface area contributed by atoms with Gasteiger partial charge in [-0.2, -0.15) is 18.3 Å². The monoisotopic (exact) mass is 286 g/mol. The molecule has 0 saturated heterocycles. The maximum absolute atomic E-state index is 12.5. The Balaban J connectivity index is 2.01. The Hall–Kier alpha value is -1.70. The fourth-order valence-electron chi connectivity index (χ4n) is 1.85. The smallest absolute Gasteiger partial charge is 0.296 e. The molecule has 0 atom stereocenters. The lowest BCUT2D eigenvalue weighted by Gasteiger charge is -2.07. The Labute approximate surface area is 111 Å². The molecule has 0 aromatic carbocycles. The van der Waals surface area contributed by atoms with E-state index in [9.17, 15) is 13.2 Å². The molecule has 0 bridgehead atoms. The summed E-state index contributed by atoms with van der Waals surface area (Å²) >= 11 is 5.11. The Morgan fingerprint density at radius 2 is 2.05 bits per heavy atom. The molecule has 1 aliphatic carbocycles. The van der Waals surface area contributed by atoms with Gasteiger partial charge in [-0.25, -0.2) is 0 Å².